The summed E-state index contributed by atoms with van der Waals surface area (Å²) in [5.74, 6) is 1.26. The summed E-state index contributed by atoms with van der Waals surface area (Å²) in [7, 11) is 3.21. The van der Waals surface area contributed by atoms with Crippen molar-refractivity contribution in [2.75, 3.05) is 14.2 Å². The first-order chi connectivity index (χ1) is 16.4. The highest BCUT2D eigenvalue weighted by atomic mass is 35.5. The first kappa shape index (κ1) is 27.6. The van der Waals surface area contributed by atoms with E-state index in [0.29, 0.717) is 23.6 Å². The molecule has 0 N–H and O–H groups in total. The van der Waals surface area contributed by atoms with Crippen molar-refractivity contribution in [2.24, 2.45) is 0 Å². The number of rotatable bonds is 4. The molecule has 0 aromatic heterocycles. The molecule has 3 nitrogen and oxygen atoms in total. The second kappa shape index (κ2) is 10.2. The Hall–Kier alpha value is -2.99. The molecule has 0 radical (unpaired) electrons. The SMILES string of the molecule is COc1cc2c(cc1OC)C(c1ccc(C(C)(C)C)cc1)=[N+](c1ccc(C(F)(F)F)cc1)C(C)C2.[Cl-]. The van der Waals surface area contributed by atoms with Crippen molar-refractivity contribution in [1.29, 1.82) is 0 Å². The minimum atomic E-state index is -4.38. The Labute approximate surface area is 217 Å². The van der Waals surface area contributed by atoms with Crippen LogP contribution in [0.15, 0.2) is 60.7 Å². The summed E-state index contributed by atoms with van der Waals surface area (Å²) in [5.41, 5.74) is 5.26. The van der Waals surface area contributed by atoms with E-state index in [1.807, 2.05) is 12.1 Å². The molecule has 1 aliphatic heterocycles. The minimum absolute atomic E-state index is 0. The molecular weight excluding hydrogens is 487 g/mol. The lowest BCUT2D eigenvalue weighted by Gasteiger charge is -2.25. The van der Waals surface area contributed by atoms with Crippen molar-refractivity contribution < 1.29 is 39.6 Å². The standard InChI is InChI=1S/C29H31F3NO2.ClH/c1-18-15-20-16-25(34-5)26(35-6)17-24(20)27(19-7-9-21(10-8-19)28(2,3)4)33(18)23-13-11-22(12-14-23)29(30,31)32;/h7-14,16-18H,15H2,1-6H3;1H/q+1;/p-1. The van der Waals surface area contributed by atoms with Crippen LogP contribution in [0, 0.1) is 0 Å². The third-order valence-electron chi connectivity index (χ3n) is 6.56. The third-order valence-corrected chi connectivity index (χ3v) is 6.56. The number of benzene rings is 3. The van der Waals surface area contributed by atoms with E-state index in [9.17, 15) is 13.2 Å². The van der Waals surface area contributed by atoms with Gasteiger partial charge in [0.05, 0.1) is 25.3 Å². The number of methoxy groups -OCH3 is 2. The van der Waals surface area contributed by atoms with Gasteiger partial charge in [-0.15, -0.1) is 0 Å². The summed E-state index contributed by atoms with van der Waals surface area (Å²) in [4.78, 5) is 0. The highest BCUT2D eigenvalue weighted by Gasteiger charge is 2.36. The van der Waals surface area contributed by atoms with Crippen molar-refractivity contribution in [2.45, 2.75) is 51.7 Å². The van der Waals surface area contributed by atoms with E-state index in [1.54, 1.807) is 26.4 Å². The second-order valence-electron chi connectivity index (χ2n) is 10.0. The van der Waals surface area contributed by atoms with Crippen molar-refractivity contribution in [3.05, 3.63) is 88.5 Å². The smallest absolute Gasteiger partial charge is 0.416 e. The molecular formula is C29H31ClF3NO2. The summed E-state index contributed by atoms with van der Waals surface area (Å²) < 4.78 is 52.9. The Morgan fingerprint density at radius 2 is 1.33 bits per heavy atom. The van der Waals surface area contributed by atoms with Gasteiger partial charge in [0.15, 0.2) is 17.5 Å². The quantitative estimate of drug-likeness (QED) is 0.485. The van der Waals surface area contributed by atoms with Gasteiger partial charge in [0.2, 0.25) is 11.4 Å². The average molecular weight is 518 g/mol. The van der Waals surface area contributed by atoms with Crippen LogP contribution < -0.4 is 21.9 Å². The fourth-order valence-corrected chi connectivity index (χ4v) is 4.69. The number of nitrogens with zero attached hydrogens (tertiary/aromatic N) is 1. The maximum absolute atomic E-state index is 13.2. The number of alkyl halides is 3. The Balaban J connectivity index is 0.00000361. The molecule has 36 heavy (non-hydrogen) atoms. The Morgan fingerprint density at radius 1 is 0.806 bits per heavy atom. The lowest BCUT2D eigenvalue weighted by molar-refractivity contribution is -0.481. The molecule has 0 spiro atoms. The van der Waals surface area contributed by atoms with Crippen LogP contribution in [0.3, 0.4) is 0 Å². The van der Waals surface area contributed by atoms with Crippen molar-refractivity contribution in [3.8, 4) is 11.5 Å². The van der Waals surface area contributed by atoms with Crippen LogP contribution in [0.2, 0.25) is 0 Å². The zero-order valence-corrected chi connectivity index (χ0v) is 22.1. The molecule has 7 heteroatoms. The molecule has 0 saturated carbocycles. The van der Waals surface area contributed by atoms with Gasteiger partial charge in [0.25, 0.3) is 0 Å². The van der Waals surface area contributed by atoms with Crippen LogP contribution >= 0.6 is 0 Å². The molecule has 1 unspecified atom stereocenters. The van der Waals surface area contributed by atoms with Gasteiger partial charge in [-0.1, -0.05) is 32.9 Å². The Bertz CT molecular complexity index is 1260. The van der Waals surface area contributed by atoms with E-state index < -0.39 is 11.7 Å². The third kappa shape index (κ3) is 5.24. The van der Waals surface area contributed by atoms with Gasteiger partial charge in [0.1, 0.15) is 0 Å². The molecule has 192 valence electrons. The van der Waals surface area contributed by atoms with Crippen LogP contribution in [-0.4, -0.2) is 30.5 Å². The van der Waals surface area contributed by atoms with Gasteiger partial charge >= 0.3 is 6.18 Å². The zero-order valence-electron chi connectivity index (χ0n) is 21.3. The van der Waals surface area contributed by atoms with Gasteiger partial charge in [0, 0.05) is 24.1 Å². The highest BCUT2D eigenvalue weighted by molar-refractivity contribution is 6.12. The molecule has 1 atom stereocenters. The maximum atomic E-state index is 13.2. The Kier molecular flexibility index (Phi) is 7.80. The lowest BCUT2D eigenvalue weighted by atomic mass is 9.84. The number of fused-ring (bicyclic) bond motifs is 1. The average Bonchev–Trinajstić information content (AvgIpc) is 2.81. The van der Waals surface area contributed by atoms with Crippen LogP contribution in [0.4, 0.5) is 18.9 Å². The minimum Gasteiger partial charge on any atom is -1.00 e. The molecule has 0 aliphatic carbocycles. The first-order valence-electron chi connectivity index (χ1n) is 11.6. The fraction of sp³-hybridized carbons (Fsp3) is 0.345. The zero-order chi connectivity index (χ0) is 25.5. The van der Waals surface area contributed by atoms with Crippen LogP contribution in [0.5, 0.6) is 11.5 Å². The van der Waals surface area contributed by atoms with Gasteiger partial charge in [-0.3, -0.25) is 0 Å². The van der Waals surface area contributed by atoms with Crippen LogP contribution in [0.1, 0.15) is 55.5 Å². The van der Waals surface area contributed by atoms with Gasteiger partial charge in [-0.05, 0) is 59.9 Å². The molecule has 1 heterocycles. The summed E-state index contributed by atoms with van der Waals surface area (Å²) >= 11 is 0. The summed E-state index contributed by atoms with van der Waals surface area (Å²) in [6.07, 6.45) is -3.67. The predicted octanol–water partition coefficient (Wildman–Crippen LogP) is 4.15. The van der Waals surface area contributed by atoms with E-state index in [0.717, 1.165) is 34.5 Å². The highest BCUT2D eigenvalue weighted by Crippen LogP contribution is 2.37. The molecule has 3 aromatic carbocycles. The van der Waals surface area contributed by atoms with Crippen LogP contribution in [0.25, 0.3) is 0 Å². The molecule has 3 aromatic rings. The predicted molar refractivity (Wildman–Crippen MR) is 132 cm³/mol. The Morgan fingerprint density at radius 3 is 1.83 bits per heavy atom. The van der Waals surface area contributed by atoms with Crippen LogP contribution in [-0.2, 0) is 18.0 Å². The number of hydrogen-bond donors (Lipinski definition) is 0. The van der Waals surface area contributed by atoms with E-state index in [1.165, 1.54) is 5.56 Å². The summed E-state index contributed by atoms with van der Waals surface area (Å²) in [6, 6.07) is 17.8. The summed E-state index contributed by atoms with van der Waals surface area (Å²) in [6.45, 7) is 8.58. The molecule has 0 saturated heterocycles. The van der Waals surface area contributed by atoms with E-state index in [4.69, 9.17) is 9.47 Å². The van der Waals surface area contributed by atoms with E-state index in [-0.39, 0.29) is 23.9 Å². The van der Waals surface area contributed by atoms with Crippen molar-refractivity contribution in [3.63, 3.8) is 0 Å². The normalized spacial score (nSPS) is 15.8. The molecule has 0 fully saturated rings. The van der Waals surface area contributed by atoms with Gasteiger partial charge in [-0.2, -0.15) is 17.7 Å². The summed E-state index contributed by atoms with van der Waals surface area (Å²) in [5, 5.41) is 0. The first-order valence-corrected chi connectivity index (χ1v) is 11.6. The van der Waals surface area contributed by atoms with Gasteiger partial charge in [-0.25, -0.2) is 0 Å². The van der Waals surface area contributed by atoms with E-state index >= 15 is 0 Å². The maximum Gasteiger partial charge on any atom is 0.416 e. The fourth-order valence-electron chi connectivity index (χ4n) is 4.69. The molecule has 1 aliphatic rings. The van der Waals surface area contributed by atoms with Crippen molar-refractivity contribution in [1.82, 2.24) is 0 Å². The topological polar surface area (TPSA) is 21.5 Å². The van der Waals surface area contributed by atoms with E-state index in [2.05, 4.69) is 56.5 Å². The number of ether oxygens (including phenoxy) is 2. The van der Waals surface area contributed by atoms with Gasteiger partial charge < -0.3 is 21.9 Å². The number of hydrogen-bond acceptors (Lipinski definition) is 2. The second-order valence-corrected chi connectivity index (χ2v) is 10.0. The molecule has 4 rings (SSSR count). The number of halogens is 4. The lowest BCUT2D eigenvalue weighted by Crippen LogP contribution is -3.00. The molecule has 0 amide bonds. The largest absolute Gasteiger partial charge is 1.00 e. The van der Waals surface area contributed by atoms with Crippen molar-refractivity contribution >= 4 is 11.4 Å². The monoisotopic (exact) mass is 517 g/mol. The molecule has 0 bridgehead atoms.